The number of nitrogens with zero attached hydrogens (tertiary/aromatic N) is 1. The van der Waals surface area contributed by atoms with Crippen molar-refractivity contribution in [2.24, 2.45) is 0 Å². The van der Waals surface area contributed by atoms with E-state index in [0.29, 0.717) is 32.5 Å². The Balaban J connectivity index is 1.79. The molecule has 130 valence electrons. The van der Waals surface area contributed by atoms with Crippen LogP contribution in [-0.4, -0.2) is 43.2 Å². The first kappa shape index (κ1) is 16.9. The van der Waals surface area contributed by atoms with Crippen molar-refractivity contribution in [3.8, 4) is 5.75 Å². The summed E-state index contributed by atoms with van der Waals surface area (Å²) in [5, 5.41) is 0. The van der Waals surface area contributed by atoms with Crippen LogP contribution in [0.2, 0.25) is 0 Å². The number of piperidine rings is 1. The van der Waals surface area contributed by atoms with Crippen molar-refractivity contribution in [3.05, 3.63) is 41.0 Å². The summed E-state index contributed by atoms with van der Waals surface area (Å²) in [6.45, 7) is 3.63. The highest BCUT2D eigenvalue weighted by Gasteiger charge is 2.38. The molecule has 0 atom stereocenters. The predicted molar refractivity (Wildman–Crippen MR) is 85.1 cm³/mol. The van der Waals surface area contributed by atoms with Crippen molar-refractivity contribution < 1.29 is 23.0 Å². The third-order valence-electron chi connectivity index (χ3n) is 4.78. The molecule has 1 aromatic rings. The van der Waals surface area contributed by atoms with Gasteiger partial charge in [-0.05, 0) is 38.3 Å². The number of likely N-dealkylation sites (tertiary alicyclic amines) is 1. The molecule has 1 saturated heterocycles. The van der Waals surface area contributed by atoms with Gasteiger partial charge in [0.05, 0.1) is 19.3 Å². The smallest absolute Gasteiger partial charge is 0.260 e. The molecule has 1 aromatic carbocycles. The molecule has 2 heterocycles. The number of halogens is 2. The molecule has 0 unspecified atom stereocenters. The molecule has 6 heteroatoms. The number of rotatable bonds is 2. The van der Waals surface area contributed by atoms with Crippen molar-refractivity contribution in [1.82, 2.24) is 4.90 Å². The molecule has 24 heavy (non-hydrogen) atoms. The van der Waals surface area contributed by atoms with Gasteiger partial charge in [0.25, 0.3) is 5.91 Å². The maximum absolute atomic E-state index is 14.1. The molecule has 2 aliphatic heterocycles. The first-order valence-corrected chi connectivity index (χ1v) is 8.09. The van der Waals surface area contributed by atoms with Crippen molar-refractivity contribution in [2.75, 3.05) is 26.8 Å². The zero-order chi connectivity index (χ0) is 17.3. The number of carbonyl (C=O) groups excluding carboxylic acids is 1. The van der Waals surface area contributed by atoms with Crippen LogP contribution in [0, 0.1) is 11.6 Å². The van der Waals surface area contributed by atoms with Crippen LogP contribution in [0.3, 0.4) is 0 Å². The second kappa shape index (κ2) is 6.51. The summed E-state index contributed by atoms with van der Waals surface area (Å²) in [5.74, 6) is -2.72. The summed E-state index contributed by atoms with van der Waals surface area (Å²) in [5.41, 5.74) is 0.618. The quantitative estimate of drug-likeness (QED) is 0.777. The maximum atomic E-state index is 14.1. The van der Waals surface area contributed by atoms with E-state index in [1.165, 1.54) is 23.6 Å². The van der Waals surface area contributed by atoms with Gasteiger partial charge in [0, 0.05) is 13.1 Å². The number of amides is 1. The molecule has 0 radical (unpaired) electrons. The van der Waals surface area contributed by atoms with Crippen LogP contribution in [-0.2, 0) is 4.74 Å². The Kier molecular flexibility index (Phi) is 4.58. The average molecular weight is 337 g/mol. The minimum Gasteiger partial charge on any atom is -0.496 e. The Morgan fingerprint density at radius 3 is 2.62 bits per heavy atom. The second-order valence-electron chi connectivity index (χ2n) is 6.38. The van der Waals surface area contributed by atoms with Crippen LogP contribution in [0.5, 0.6) is 5.75 Å². The van der Waals surface area contributed by atoms with E-state index in [-0.39, 0.29) is 16.9 Å². The third-order valence-corrected chi connectivity index (χ3v) is 4.78. The number of benzene rings is 1. The van der Waals surface area contributed by atoms with E-state index in [1.807, 2.05) is 0 Å². The molecule has 0 N–H and O–H groups in total. The van der Waals surface area contributed by atoms with Crippen molar-refractivity contribution in [2.45, 2.75) is 31.8 Å². The summed E-state index contributed by atoms with van der Waals surface area (Å²) in [6.07, 6.45) is 4.36. The van der Waals surface area contributed by atoms with Crippen LogP contribution in [0.4, 0.5) is 8.78 Å². The molecule has 0 aliphatic carbocycles. The fourth-order valence-corrected chi connectivity index (χ4v) is 3.42. The predicted octanol–water partition coefficient (Wildman–Crippen LogP) is 3.31. The van der Waals surface area contributed by atoms with Crippen LogP contribution < -0.4 is 4.74 Å². The van der Waals surface area contributed by atoms with E-state index in [9.17, 15) is 13.6 Å². The molecule has 0 saturated carbocycles. The number of ether oxygens (including phenoxy) is 2. The first-order valence-electron chi connectivity index (χ1n) is 8.09. The third kappa shape index (κ3) is 3.02. The Morgan fingerprint density at radius 1 is 1.29 bits per heavy atom. The summed E-state index contributed by atoms with van der Waals surface area (Å²) in [6, 6.07) is 2.23. The topological polar surface area (TPSA) is 38.8 Å². The van der Waals surface area contributed by atoms with E-state index in [1.54, 1.807) is 0 Å². The Hall–Kier alpha value is -1.95. The highest BCUT2D eigenvalue weighted by Crippen LogP contribution is 2.34. The number of carbonyl (C=O) groups is 1. The standard InChI is InChI=1S/C18H21F2NO3/c1-12-5-10-24-18(11-12)6-8-21(9-7-18)17(22)15-14(23-2)4-3-13(19)16(15)20/h3-4,11H,5-10H2,1-2H3. The zero-order valence-electron chi connectivity index (χ0n) is 13.9. The fraction of sp³-hybridized carbons (Fsp3) is 0.500. The van der Waals surface area contributed by atoms with Gasteiger partial charge in [0.1, 0.15) is 11.3 Å². The highest BCUT2D eigenvalue weighted by atomic mass is 19.2. The Morgan fingerprint density at radius 2 is 2.00 bits per heavy atom. The minimum atomic E-state index is -1.16. The fourth-order valence-electron chi connectivity index (χ4n) is 3.42. The van der Waals surface area contributed by atoms with Crippen LogP contribution in [0.25, 0.3) is 0 Å². The lowest BCUT2D eigenvalue weighted by Gasteiger charge is -2.42. The molecular weight excluding hydrogens is 316 g/mol. The average Bonchev–Trinajstić information content (AvgIpc) is 2.57. The zero-order valence-corrected chi connectivity index (χ0v) is 13.9. The lowest BCUT2D eigenvalue weighted by Crippen LogP contribution is -2.48. The van der Waals surface area contributed by atoms with Gasteiger partial charge in [0.15, 0.2) is 11.6 Å². The van der Waals surface area contributed by atoms with Crippen LogP contribution in [0.15, 0.2) is 23.8 Å². The van der Waals surface area contributed by atoms with E-state index in [4.69, 9.17) is 9.47 Å². The van der Waals surface area contributed by atoms with E-state index in [2.05, 4.69) is 13.0 Å². The van der Waals surface area contributed by atoms with Gasteiger partial charge in [-0.25, -0.2) is 8.78 Å². The largest absolute Gasteiger partial charge is 0.496 e. The minimum absolute atomic E-state index is 0.0452. The first-order chi connectivity index (χ1) is 11.5. The van der Waals surface area contributed by atoms with Gasteiger partial charge in [-0.1, -0.05) is 11.6 Å². The lowest BCUT2D eigenvalue weighted by atomic mass is 9.86. The van der Waals surface area contributed by atoms with E-state index >= 15 is 0 Å². The number of methoxy groups -OCH3 is 1. The van der Waals surface area contributed by atoms with E-state index < -0.39 is 17.5 Å². The molecule has 1 spiro atoms. The van der Waals surface area contributed by atoms with Gasteiger partial charge < -0.3 is 14.4 Å². The summed E-state index contributed by atoms with van der Waals surface area (Å²) in [4.78, 5) is 14.2. The van der Waals surface area contributed by atoms with Gasteiger partial charge in [-0.15, -0.1) is 0 Å². The molecule has 0 bridgehead atoms. The van der Waals surface area contributed by atoms with Gasteiger partial charge in [-0.2, -0.15) is 0 Å². The maximum Gasteiger partial charge on any atom is 0.260 e. The molecule has 0 aromatic heterocycles. The summed E-state index contributed by atoms with van der Waals surface area (Å²) < 4.78 is 38.6. The molecular formula is C18H21F2NO3. The molecule has 1 amide bonds. The summed E-state index contributed by atoms with van der Waals surface area (Å²) in [7, 11) is 1.33. The second-order valence-corrected chi connectivity index (χ2v) is 6.38. The molecule has 1 fully saturated rings. The van der Waals surface area contributed by atoms with Crippen LogP contribution >= 0.6 is 0 Å². The van der Waals surface area contributed by atoms with Gasteiger partial charge in [0.2, 0.25) is 0 Å². The molecule has 4 nitrogen and oxygen atoms in total. The van der Waals surface area contributed by atoms with Crippen molar-refractivity contribution in [3.63, 3.8) is 0 Å². The Bertz CT molecular complexity index is 679. The van der Waals surface area contributed by atoms with Gasteiger partial charge in [-0.3, -0.25) is 4.79 Å². The Labute approximate surface area is 140 Å². The monoisotopic (exact) mass is 337 g/mol. The van der Waals surface area contributed by atoms with Crippen molar-refractivity contribution >= 4 is 5.91 Å². The lowest BCUT2D eigenvalue weighted by molar-refractivity contribution is -0.0522. The highest BCUT2D eigenvalue weighted by molar-refractivity contribution is 5.97. The normalized spacial score (nSPS) is 20.0. The SMILES string of the molecule is COc1ccc(F)c(F)c1C(=O)N1CCC2(C=C(C)CCO2)CC1. The molecule has 3 rings (SSSR count). The summed E-state index contributed by atoms with van der Waals surface area (Å²) >= 11 is 0. The van der Waals surface area contributed by atoms with Crippen LogP contribution in [0.1, 0.15) is 36.5 Å². The van der Waals surface area contributed by atoms with Gasteiger partial charge >= 0.3 is 0 Å². The number of hydrogen-bond donors (Lipinski definition) is 0. The van der Waals surface area contributed by atoms with Crippen molar-refractivity contribution in [1.29, 1.82) is 0 Å². The number of hydrogen-bond acceptors (Lipinski definition) is 3. The molecule has 2 aliphatic rings. The van der Waals surface area contributed by atoms with E-state index in [0.717, 1.165) is 12.5 Å².